The molecule has 1 amide bonds. The maximum Gasteiger partial charge on any atom is 0.251 e. The van der Waals surface area contributed by atoms with Crippen LogP contribution in [0.25, 0.3) is 22.2 Å². The number of hydrogen-bond donors (Lipinski definition) is 1. The summed E-state index contributed by atoms with van der Waals surface area (Å²) in [5.74, 6) is -0.0394. The number of fused-ring (bicyclic) bond motifs is 2. The molecule has 42 heavy (non-hydrogen) atoms. The van der Waals surface area contributed by atoms with Crippen molar-refractivity contribution in [1.82, 2.24) is 20.1 Å². The molecule has 218 valence electrons. The molecule has 0 bridgehead atoms. The average Bonchev–Trinajstić information content (AvgIpc) is 3.65. The molecule has 2 aromatic carbocycles. The van der Waals surface area contributed by atoms with Gasteiger partial charge in [-0.3, -0.25) is 14.5 Å². The quantitative estimate of drug-likeness (QED) is 0.235. The normalized spacial score (nSPS) is 18.0. The molecule has 2 aliphatic carbocycles. The van der Waals surface area contributed by atoms with E-state index in [1.807, 2.05) is 30.8 Å². The summed E-state index contributed by atoms with van der Waals surface area (Å²) < 4.78 is 36.3. The van der Waals surface area contributed by atoms with Gasteiger partial charge in [0.05, 0.1) is 24.3 Å². The first-order chi connectivity index (χ1) is 20.3. The summed E-state index contributed by atoms with van der Waals surface area (Å²) in [5.41, 5.74) is 3.98. The Morgan fingerprint density at radius 1 is 1.24 bits per heavy atom. The van der Waals surface area contributed by atoms with Gasteiger partial charge in [0.2, 0.25) is 0 Å². The third-order valence-corrected chi connectivity index (χ3v) is 8.55. The number of amides is 1. The molecule has 4 aromatic rings. The fourth-order valence-electron chi connectivity index (χ4n) is 5.94. The molecule has 0 saturated heterocycles. The number of ether oxygens (including phenoxy) is 1. The monoisotopic (exact) mass is 572 g/mol. The Morgan fingerprint density at radius 3 is 2.74 bits per heavy atom. The zero-order valence-electron chi connectivity index (χ0n) is 24.0. The van der Waals surface area contributed by atoms with Crippen LogP contribution in [-0.4, -0.2) is 47.3 Å². The van der Waals surface area contributed by atoms with Crippen molar-refractivity contribution in [2.45, 2.75) is 63.3 Å². The molecule has 0 radical (unpaired) electrons. The van der Waals surface area contributed by atoms with Gasteiger partial charge in [-0.15, -0.1) is 0 Å². The summed E-state index contributed by atoms with van der Waals surface area (Å²) in [7, 11) is 1.56. The van der Waals surface area contributed by atoms with E-state index in [-0.39, 0.29) is 24.2 Å². The van der Waals surface area contributed by atoms with E-state index in [0.29, 0.717) is 65.4 Å². The van der Waals surface area contributed by atoms with E-state index in [4.69, 9.17) is 9.72 Å². The van der Waals surface area contributed by atoms with E-state index >= 15 is 0 Å². The van der Waals surface area contributed by atoms with E-state index in [9.17, 15) is 18.4 Å². The smallest absolute Gasteiger partial charge is 0.251 e. The predicted molar refractivity (Wildman–Crippen MR) is 156 cm³/mol. The van der Waals surface area contributed by atoms with Gasteiger partial charge in [-0.1, -0.05) is 13.8 Å². The average molecular weight is 573 g/mol. The number of methoxy groups -OCH3 is 1. The minimum Gasteiger partial charge on any atom is -0.494 e. The van der Waals surface area contributed by atoms with Crippen LogP contribution in [0.5, 0.6) is 5.75 Å². The number of aldehydes is 1. The van der Waals surface area contributed by atoms with Gasteiger partial charge in [-0.05, 0) is 84.7 Å². The Hall–Kier alpha value is -4.14. The number of nitrogens with zero attached hydrogens (tertiary/aromatic N) is 3. The summed E-state index contributed by atoms with van der Waals surface area (Å²) in [6.07, 6.45) is 6.08. The summed E-state index contributed by atoms with van der Waals surface area (Å²) >= 11 is 0. The minimum absolute atomic E-state index is 0.0304. The molecule has 0 spiro atoms. The van der Waals surface area contributed by atoms with Crippen molar-refractivity contribution in [1.29, 1.82) is 0 Å². The van der Waals surface area contributed by atoms with Gasteiger partial charge in [-0.2, -0.15) is 5.10 Å². The molecule has 6 rings (SSSR count). The number of pyridine rings is 1. The van der Waals surface area contributed by atoms with Crippen molar-refractivity contribution in [3.63, 3.8) is 0 Å². The Bertz CT molecular complexity index is 1690. The van der Waals surface area contributed by atoms with Gasteiger partial charge in [0.15, 0.2) is 0 Å². The second-order valence-electron chi connectivity index (χ2n) is 11.7. The highest BCUT2D eigenvalue weighted by molar-refractivity contribution is 5.99. The van der Waals surface area contributed by atoms with Crippen molar-refractivity contribution in [2.24, 2.45) is 0 Å². The van der Waals surface area contributed by atoms with Crippen LogP contribution in [0.15, 0.2) is 42.6 Å². The number of hydrogen-bond acceptors (Lipinski definition) is 5. The second kappa shape index (κ2) is 10.9. The van der Waals surface area contributed by atoms with Crippen LogP contribution < -0.4 is 10.1 Å². The van der Waals surface area contributed by atoms with Crippen LogP contribution >= 0.6 is 0 Å². The van der Waals surface area contributed by atoms with Gasteiger partial charge in [0, 0.05) is 41.4 Å². The molecule has 2 heterocycles. The standard InChI is InChI=1S/C33H34F2N4O3/c1-19(2)26-13-20(4-7-28(26)35)30-25-8-10-33(17-34,18-40)27(25)15-23(37-30)9-11-36-32(41)21-12-22-16-39(24-5-6-24)38-31(22)29(14-21)42-3/h4,7,12-16,18-19,24H,5-6,8-11,17H2,1-3H3,(H,36,41). The molecular weight excluding hydrogens is 538 g/mol. The lowest BCUT2D eigenvalue weighted by atomic mass is 9.84. The van der Waals surface area contributed by atoms with Crippen LogP contribution in [0.4, 0.5) is 8.78 Å². The van der Waals surface area contributed by atoms with Crippen molar-refractivity contribution in [3.05, 3.63) is 76.4 Å². The van der Waals surface area contributed by atoms with Crippen molar-refractivity contribution in [2.75, 3.05) is 20.3 Å². The van der Waals surface area contributed by atoms with Gasteiger partial charge in [0.1, 0.15) is 30.0 Å². The minimum atomic E-state index is -1.22. The predicted octanol–water partition coefficient (Wildman–Crippen LogP) is 6.03. The largest absolute Gasteiger partial charge is 0.494 e. The molecule has 2 aromatic heterocycles. The molecule has 1 atom stereocenters. The van der Waals surface area contributed by atoms with Crippen LogP contribution in [0.2, 0.25) is 0 Å². The Morgan fingerprint density at radius 2 is 2.05 bits per heavy atom. The molecule has 0 aliphatic heterocycles. The molecule has 1 unspecified atom stereocenters. The first-order valence-corrected chi connectivity index (χ1v) is 14.5. The van der Waals surface area contributed by atoms with Gasteiger partial charge in [0.25, 0.3) is 5.91 Å². The summed E-state index contributed by atoms with van der Waals surface area (Å²) in [4.78, 5) is 30.2. The molecule has 1 fully saturated rings. The van der Waals surface area contributed by atoms with Gasteiger partial charge < -0.3 is 14.8 Å². The van der Waals surface area contributed by atoms with Crippen LogP contribution in [0.3, 0.4) is 0 Å². The highest BCUT2D eigenvalue weighted by atomic mass is 19.1. The third kappa shape index (κ3) is 4.95. The number of alkyl halides is 1. The zero-order valence-corrected chi connectivity index (χ0v) is 24.0. The summed E-state index contributed by atoms with van der Waals surface area (Å²) in [6.45, 7) is 3.32. The Balaban J connectivity index is 1.27. The molecular formula is C33H34F2N4O3. The van der Waals surface area contributed by atoms with E-state index in [2.05, 4.69) is 10.4 Å². The molecule has 1 N–H and O–H groups in total. The Labute approximate surface area is 243 Å². The molecule has 2 aliphatic rings. The van der Waals surface area contributed by atoms with Gasteiger partial charge in [-0.25, -0.2) is 8.78 Å². The zero-order chi connectivity index (χ0) is 29.6. The highest BCUT2D eigenvalue weighted by Gasteiger charge is 2.41. The number of rotatable bonds is 10. The highest BCUT2D eigenvalue weighted by Crippen LogP contribution is 2.43. The van der Waals surface area contributed by atoms with E-state index in [1.54, 1.807) is 31.4 Å². The summed E-state index contributed by atoms with van der Waals surface area (Å²) in [5, 5.41) is 8.43. The number of aromatic nitrogens is 3. The number of benzene rings is 2. The lowest BCUT2D eigenvalue weighted by Crippen LogP contribution is -2.28. The first-order valence-electron chi connectivity index (χ1n) is 14.5. The lowest BCUT2D eigenvalue weighted by molar-refractivity contribution is -0.113. The fourth-order valence-corrected chi connectivity index (χ4v) is 5.94. The van der Waals surface area contributed by atoms with Gasteiger partial charge >= 0.3 is 0 Å². The van der Waals surface area contributed by atoms with Crippen molar-refractivity contribution < 1.29 is 23.1 Å². The fraction of sp³-hybridized carbons (Fsp3) is 0.394. The third-order valence-electron chi connectivity index (χ3n) is 8.55. The number of halogens is 2. The topological polar surface area (TPSA) is 86.1 Å². The maximum absolute atomic E-state index is 14.5. The van der Waals surface area contributed by atoms with Crippen LogP contribution in [0.1, 0.15) is 77.8 Å². The number of nitrogens with one attached hydrogen (secondary N) is 1. The van der Waals surface area contributed by atoms with E-state index < -0.39 is 12.1 Å². The van der Waals surface area contributed by atoms with E-state index in [0.717, 1.165) is 34.9 Å². The summed E-state index contributed by atoms with van der Waals surface area (Å²) in [6, 6.07) is 10.6. The number of carbonyl (C=O) groups is 2. The Kier molecular flexibility index (Phi) is 7.29. The van der Waals surface area contributed by atoms with Crippen molar-refractivity contribution >= 4 is 23.1 Å². The number of carbonyl (C=O) groups excluding carboxylic acids is 2. The van der Waals surface area contributed by atoms with Crippen molar-refractivity contribution in [3.8, 4) is 17.0 Å². The lowest BCUT2D eigenvalue weighted by Gasteiger charge is -2.21. The first kappa shape index (κ1) is 28.0. The second-order valence-corrected chi connectivity index (χ2v) is 11.7. The van der Waals surface area contributed by atoms with E-state index in [1.165, 1.54) is 6.07 Å². The molecule has 7 nitrogen and oxygen atoms in total. The van der Waals surface area contributed by atoms with Crippen LogP contribution in [-0.2, 0) is 23.1 Å². The maximum atomic E-state index is 14.5. The molecule has 9 heteroatoms. The molecule has 1 saturated carbocycles. The van der Waals surface area contributed by atoms with Crippen LogP contribution in [0, 0.1) is 5.82 Å². The SMILES string of the molecule is COc1cc(C(=O)NCCc2cc3c(c(-c4ccc(F)c(C(C)C)c4)n2)CCC3(C=O)CF)cc2cn(C3CC3)nc12.